The van der Waals surface area contributed by atoms with Gasteiger partial charge in [0, 0.05) is 19.7 Å². The number of nitrogens with zero attached hydrogens (tertiary/aromatic N) is 1. The Hall–Kier alpha value is -0.130. The first-order valence-electron chi connectivity index (χ1n) is 8.08. The highest BCUT2D eigenvalue weighted by Crippen LogP contribution is 2.50. The van der Waals surface area contributed by atoms with E-state index in [0.717, 1.165) is 43.6 Å². The second kappa shape index (κ2) is 5.93. The van der Waals surface area contributed by atoms with Crippen molar-refractivity contribution in [3.8, 4) is 0 Å². The predicted octanol–water partition coefficient (Wildman–Crippen LogP) is 2.25. The lowest BCUT2D eigenvalue weighted by Crippen LogP contribution is -2.39. The Morgan fingerprint density at radius 3 is 2.70 bits per heavy atom. The number of sulfonamides is 1. The molecule has 0 aromatic carbocycles. The van der Waals surface area contributed by atoms with Gasteiger partial charge in [-0.1, -0.05) is 6.42 Å². The second-order valence-corrected chi connectivity index (χ2v) is 8.93. The van der Waals surface area contributed by atoms with E-state index in [-0.39, 0.29) is 11.8 Å². The molecule has 0 radical (unpaired) electrons. The Morgan fingerprint density at radius 2 is 2.05 bits per heavy atom. The quantitative estimate of drug-likeness (QED) is 0.756. The van der Waals surface area contributed by atoms with E-state index in [9.17, 15) is 8.42 Å². The van der Waals surface area contributed by atoms with Crippen LogP contribution in [0.3, 0.4) is 0 Å². The molecular formula is C15H27NO3S. The van der Waals surface area contributed by atoms with Gasteiger partial charge in [0.15, 0.2) is 0 Å². The van der Waals surface area contributed by atoms with Crippen LogP contribution in [0.4, 0.5) is 0 Å². The van der Waals surface area contributed by atoms with Gasteiger partial charge in [-0.15, -0.1) is 0 Å². The lowest BCUT2D eigenvalue weighted by Gasteiger charge is -2.29. The fraction of sp³-hybridized carbons (Fsp3) is 1.00. The van der Waals surface area contributed by atoms with Crippen LogP contribution in [0, 0.1) is 17.8 Å². The molecule has 0 aromatic rings. The highest BCUT2D eigenvalue weighted by Gasteiger charge is 2.43. The van der Waals surface area contributed by atoms with Gasteiger partial charge in [0.05, 0.1) is 12.4 Å². The molecule has 4 nitrogen and oxygen atoms in total. The van der Waals surface area contributed by atoms with E-state index < -0.39 is 10.0 Å². The number of ether oxygens (including phenoxy) is 1. The first kappa shape index (κ1) is 14.8. The lowest BCUT2D eigenvalue weighted by atomic mass is 9.84. The standard InChI is InChI=1S/C15H27NO3S/c1-19-7-8-20(17,18)16-6-2-3-15(16)11-14-10-12-4-5-13(14)9-12/h12-15H,2-11H2,1H3/t12-,13-,14+,15-/m0/s1. The van der Waals surface area contributed by atoms with Crippen molar-refractivity contribution in [3.05, 3.63) is 0 Å². The Morgan fingerprint density at radius 1 is 1.20 bits per heavy atom. The topological polar surface area (TPSA) is 46.6 Å². The molecule has 2 bridgehead atoms. The van der Waals surface area contributed by atoms with Crippen LogP contribution in [0.25, 0.3) is 0 Å². The van der Waals surface area contributed by atoms with Gasteiger partial charge in [-0.25, -0.2) is 8.42 Å². The minimum absolute atomic E-state index is 0.136. The molecule has 2 aliphatic carbocycles. The zero-order valence-corrected chi connectivity index (χ0v) is 13.3. The summed E-state index contributed by atoms with van der Waals surface area (Å²) in [6, 6.07) is 0.265. The monoisotopic (exact) mass is 301 g/mol. The van der Waals surface area contributed by atoms with Gasteiger partial charge in [0.2, 0.25) is 10.0 Å². The van der Waals surface area contributed by atoms with E-state index >= 15 is 0 Å². The third kappa shape index (κ3) is 2.90. The molecule has 3 rings (SSSR count). The van der Waals surface area contributed by atoms with Crippen LogP contribution in [0.5, 0.6) is 0 Å². The fourth-order valence-corrected chi connectivity index (χ4v) is 6.40. The van der Waals surface area contributed by atoms with Crippen molar-refractivity contribution >= 4 is 10.0 Å². The molecular weight excluding hydrogens is 274 g/mol. The minimum Gasteiger partial charge on any atom is -0.384 e. The van der Waals surface area contributed by atoms with Gasteiger partial charge in [0.1, 0.15) is 0 Å². The average molecular weight is 301 g/mol. The third-order valence-electron chi connectivity index (χ3n) is 5.69. The van der Waals surface area contributed by atoms with Crippen molar-refractivity contribution in [3.63, 3.8) is 0 Å². The van der Waals surface area contributed by atoms with Gasteiger partial charge in [0.25, 0.3) is 0 Å². The molecule has 0 spiro atoms. The first-order valence-corrected chi connectivity index (χ1v) is 9.69. The summed E-state index contributed by atoms with van der Waals surface area (Å²) in [5, 5.41) is 0. The minimum atomic E-state index is -3.12. The number of fused-ring (bicyclic) bond motifs is 2. The fourth-order valence-electron chi connectivity index (χ4n) is 4.73. The zero-order valence-electron chi connectivity index (χ0n) is 12.5. The number of hydrogen-bond donors (Lipinski definition) is 0. The summed E-state index contributed by atoms with van der Waals surface area (Å²) in [4.78, 5) is 0. The van der Waals surface area contributed by atoms with Crippen LogP contribution < -0.4 is 0 Å². The van der Waals surface area contributed by atoms with Crippen LogP contribution in [0.15, 0.2) is 0 Å². The normalized spacial score (nSPS) is 37.9. The van der Waals surface area contributed by atoms with Crippen molar-refractivity contribution in [2.45, 2.75) is 51.0 Å². The van der Waals surface area contributed by atoms with Gasteiger partial charge in [-0.05, 0) is 56.3 Å². The van der Waals surface area contributed by atoms with Gasteiger partial charge in [-0.2, -0.15) is 4.31 Å². The molecule has 5 heteroatoms. The molecule has 1 aliphatic heterocycles. The van der Waals surface area contributed by atoms with E-state index in [1.165, 1.54) is 25.7 Å². The number of hydrogen-bond acceptors (Lipinski definition) is 3. The molecule has 3 fully saturated rings. The number of methoxy groups -OCH3 is 1. The second-order valence-electron chi connectivity index (χ2n) is 6.89. The molecule has 0 amide bonds. The van der Waals surface area contributed by atoms with E-state index in [0.29, 0.717) is 6.61 Å². The zero-order chi connectivity index (χ0) is 14.2. The molecule has 3 aliphatic rings. The molecule has 1 saturated heterocycles. The Labute approximate surface area is 122 Å². The van der Waals surface area contributed by atoms with Crippen molar-refractivity contribution in [1.82, 2.24) is 4.31 Å². The molecule has 1 heterocycles. The molecule has 4 atom stereocenters. The SMILES string of the molecule is COCCS(=O)(=O)N1CCC[C@H]1C[C@H]1C[C@H]2CC[C@H]1C2. The summed E-state index contributed by atoms with van der Waals surface area (Å²) in [6.45, 7) is 1.03. The maximum Gasteiger partial charge on any atom is 0.216 e. The first-order chi connectivity index (χ1) is 9.60. The highest BCUT2D eigenvalue weighted by atomic mass is 32.2. The molecule has 116 valence electrons. The van der Waals surface area contributed by atoms with Crippen LogP contribution in [-0.4, -0.2) is 44.8 Å². The van der Waals surface area contributed by atoms with E-state index in [2.05, 4.69) is 0 Å². The predicted molar refractivity (Wildman–Crippen MR) is 78.9 cm³/mol. The Bertz CT molecular complexity index is 436. The average Bonchev–Trinajstić information content (AvgIpc) is 3.12. The van der Waals surface area contributed by atoms with Crippen LogP contribution >= 0.6 is 0 Å². The Balaban J connectivity index is 1.61. The van der Waals surface area contributed by atoms with Gasteiger partial charge >= 0.3 is 0 Å². The summed E-state index contributed by atoms with van der Waals surface area (Å²) in [6.07, 6.45) is 8.76. The third-order valence-corrected chi connectivity index (χ3v) is 7.56. The summed E-state index contributed by atoms with van der Waals surface area (Å²) < 4.78 is 31.5. The van der Waals surface area contributed by atoms with Crippen LogP contribution in [0.1, 0.15) is 44.9 Å². The van der Waals surface area contributed by atoms with E-state index in [1.807, 2.05) is 0 Å². The van der Waals surface area contributed by atoms with Gasteiger partial charge in [-0.3, -0.25) is 0 Å². The maximum absolute atomic E-state index is 12.4. The largest absolute Gasteiger partial charge is 0.384 e. The molecule has 0 aromatic heterocycles. The highest BCUT2D eigenvalue weighted by molar-refractivity contribution is 7.89. The molecule has 2 saturated carbocycles. The molecule has 0 unspecified atom stereocenters. The maximum atomic E-state index is 12.4. The van der Waals surface area contributed by atoms with E-state index in [4.69, 9.17) is 4.74 Å². The Kier molecular flexibility index (Phi) is 4.39. The van der Waals surface area contributed by atoms with Crippen molar-refractivity contribution in [1.29, 1.82) is 0 Å². The summed E-state index contributed by atoms with van der Waals surface area (Å²) in [5.41, 5.74) is 0. The molecule has 20 heavy (non-hydrogen) atoms. The van der Waals surface area contributed by atoms with E-state index in [1.54, 1.807) is 11.4 Å². The van der Waals surface area contributed by atoms with Crippen molar-refractivity contribution in [2.24, 2.45) is 17.8 Å². The lowest BCUT2D eigenvalue weighted by molar-refractivity contribution is 0.213. The summed E-state index contributed by atoms with van der Waals surface area (Å²) in [5.74, 6) is 2.77. The molecule has 0 N–H and O–H groups in total. The summed E-state index contributed by atoms with van der Waals surface area (Å²) >= 11 is 0. The van der Waals surface area contributed by atoms with Crippen molar-refractivity contribution in [2.75, 3.05) is 26.0 Å². The van der Waals surface area contributed by atoms with Gasteiger partial charge < -0.3 is 4.74 Å². The smallest absolute Gasteiger partial charge is 0.216 e. The van der Waals surface area contributed by atoms with Crippen LogP contribution in [0.2, 0.25) is 0 Å². The van der Waals surface area contributed by atoms with Crippen molar-refractivity contribution < 1.29 is 13.2 Å². The van der Waals surface area contributed by atoms with Crippen LogP contribution in [-0.2, 0) is 14.8 Å². The summed E-state index contributed by atoms with van der Waals surface area (Å²) in [7, 11) is -1.56. The number of rotatable bonds is 6.